The van der Waals surface area contributed by atoms with E-state index >= 15 is 0 Å². The van der Waals surface area contributed by atoms with Crippen molar-refractivity contribution in [1.29, 1.82) is 0 Å². The van der Waals surface area contributed by atoms with Crippen LogP contribution < -0.4 is 5.32 Å². The number of methoxy groups -OCH3 is 1. The highest BCUT2D eigenvalue weighted by atomic mass is 35.5. The Balaban J connectivity index is 2.81. The highest BCUT2D eigenvalue weighted by Gasteiger charge is 2.07. The monoisotopic (exact) mass is 247 g/mol. The molecule has 2 nitrogen and oxygen atoms in total. The second kappa shape index (κ2) is 5.59. The Labute approximate surface area is 101 Å². The Bertz CT molecular complexity index is 342. The van der Waals surface area contributed by atoms with E-state index in [9.17, 15) is 0 Å². The fourth-order valence-corrected chi connectivity index (χ4v) is 1.75. The molecule has 0 aliphatic carbocycles. The fraction of sp³-hybridized carbons (Fsp3) is 0.455. The Hall–Kier alpha value is -0.440. The van der Waals surface area contributed by atoms with E-state index in [4.69, 9.17) is 27.9 Å². The summed E-state index contributed by atoms with van der Waals surface area (Å²) in [7, 11) is 1.67. The number of hydrogen-bond acceptors (Lipinski definition) is 2. The molecule has 1 aromatic rings. The number of benzene rings is 1. The summed E-state index contributed by atoms with van der Waals surface area (Å²) >= 11 is 12.1. The summed E-state index contributed by atoms with van der Waals surface area (Å²) in [5.74, 6) is 0. The van der Waals surface area contributed by atoms with Crippen molar-refractivity contribution in [3.8, 4) is 0 Å². The molecule has 0 saturated heterocycles. The SMILES string of the molecule is COCC(C)Nc1cc(Cl)c(C)cc1Cl. The molecule has 1 unspecified atom stereocenters. The summed E-state index contributed by atoms with van der Waals surface area (Å²) < 4.78 is 5.03. The minimum absolute atomic E-state index is 0.200. The Kier molecular flexibility index (Phi) is 4.71. The summed E-state index contributed by atoms with van der Waals surface area (Å²) in [5.41, 5.74) is 1.82. The van der Waals surface area contributed by atoms with Gasteiger partial charge in [0.25, 0.3) is 0 Å². The molecule has 84 valence electrons. The third kappa shape index (κ3) is 3.56. The summed E-state index contributed by atoms with van der Waals surface area (Å²) in [4.78, 5) is 0. The van der Waals surface area contributed by atoms with E-state index in [0.29, 0.717) is 16.7 Å². The third-order valence-corrected chi connectivity index (χ3v) is 2.79. The van der Waals surface area contributed by atoms with Crippen molar-refractivity contribution in [3.05, 3.63) is 27.7 Å². The number of aryl methyl sites for hydroxylation is 1. The van der Waals surface area contributed by atoms with E-state index < -0.39 is 0 Å². The molecule has 0 amide bonds. The van der Waals surface area contributed by atoms with Gasteiger partial charge in [0.15, 0.2) is 0 Å². The molecule has 1 N–H and O–H groups in total. The summed E-state index contributed by atoms with van der Waals surface area (Å²) in [6.45, 7) is 4.58. The Morgan fingerprint density at radius 2 is 2.00 bits per heavy atom. The maximum Gasteiger partial charge on any atom is 0.0661 e. The third-order valence-electron chi connectivity index (χ3n) is 2.07. The van der Waals surface area contributed by atoms with Crippen LogP contribution in [0, 0.1) is 6.92 Å². The maximum absolute atomic E-state index is 6.08. The lowest BCUT2D eigenvalue weighted by atomic mass is 10.2. The lowest BCUT2D eigenvalue weighted by molar-refractivity contribution is 0.190. The van der Waals surface area contributed by atoms with Crippen LogP contribution in [0.2, 0.25) is 10.0 Å². The number of nitrogens with one attached hydrogen (secondary N) is 1. The molecule has 0 bridgehead atoms. The van der Waals surface area contributed by atoms with Gasteiger partial charge in [0.05, 0.1) is 17.3 Å². The second-order valence-electron chi connectivity index (χ2n) is 3.58. The predicted molar refractivity (Wildman–Crippen MR) is 66.2 cm³/mol. The van der Waals surface area contributed by atoms with Gasteiger partial charge in [0.2, 0.25) is 0 Å². The number of halogens is 2. The van der Waals surface area contributed by atoms with Crippen LogP contribution in [0.15, 0.2) is 12.1 Å². The number of anilines is 1. The lowest BCUT2D eigenvalue weighted by Gasteiger charge is -2.16. The van der Waals surface area contributed by atoms with Crippen LogP contribution in [0.25, 0.3) is 0 Å². The number of hydrogen-bond donors (Lipinski definition) is 1. The molecule has 4 heteroatoms. The van der Waals surface area contributed by atoms with Gasteiger partial charge in [0, 0.05) is 18.2 Å². The van der Waals surface area contributed by atoms with E-state index in [2.05, 4.69) is 5.32 Å². The molecule has 0 aromatic heterocycles. The van der Waals surface area contributed by atoms with Crippen LogP contribution >= 0.6 is 23.2 Å². The van der Waals surface area contributed by atoms with E-state index in [0.717, 1.165) is 11.3 Å². The van der Waals surface area contributed by atoms with E-state index in [1.54, 1.807) is 7.11 Å². The highest BCUT2D eigenvalue weighted by molar-refractivity contribution is 6.35. The van der Waals surface area contributed by atoms with Gasteiger partial charge in [-0.3, -0.25) is 0 Å². The average Bonchev–Trinajstić information content (AvgIpc) is 2.14. The molecule has 0 spiro atoms. The number of ether oxygens (including phenoxy) is 1. The minimum Gasteiger partial charge on any atom is -0.383 e. The van der Waals surface area contributed by atoms with Crippen molar-refractivity contribution < 1.29 is 4.74 Å². The van der Waals surface area contributed by atoms with Gasteiger partial charge in [-0.1, -0.05) is 23.2 Å². The molecular weight excluding hydrogens is 233 g/mol. The molecule has 1 rings (SSSR count). The summed E-state index contributed by atoms with van der Waals surface area (Å²) in [6, 6.07) is 3.89. The van der Waals surface area contributed by atoms with E-state index in [-0.39, 0.29) is 6.04 Å². The molecule has 0 radical (unpaired) electrons. The largest absolute Gasteiger partial charge is 0.383 e. The van der Waals surface area contributed by atoms with Crippen molar-refractivity contribution in [2.75, 3.05) is 19.0 Å². The maximum atomic E-state index is 6.08. The van der Waals surface area contributed by atoms with Crippen molar-refractivity contribution in [1.82, 2.24) is 0 Å². The first-order valence-electron chi connectivity index (χ1n) is 4.75. The van der Waals surface area contributed by atoms with Crippen molar-refractivity contribution in [2.24, 2.45) is 0 Å². The Morgan fingerprint density at radius 1 is 1.33 bits per heavy atom. The van der Waals surface area contributed by atoms with Crippen LogP contribution in [0.5, 0.6) is 0 Å². The van der Waals surface area contributed by atoms with Gasteiger partial charge in [-0.25, -0.2) is 0 Å². The molecule has 0 fully saturated rings. The van der Waals surface area contributed by atoms with Gasteiger partial charge in [0.1, 0.15) is 0 Å². The van der Waals surface area contributed by atoms with E-state index in [1.165, 1.54) is 0 Å². The normalized spacial score (nSPS) is 12.6. The first-order valence-corrected chi connectivity index (χ1v) is 5.51. The highest BCUT2D eigenvalue weighted by Crippen LogP contribution is 2.29. The topological polar surface area (TPSA) is 21.3 Å². The first kappa shape index (κ1) is 12.6. The van der Waals surface area contributed by atoms with Gasteiger partial charge >= 0.3 is 0 Å². The molecule has 1 aromatic carbocycles. The average molecular weight is 248 g/mol. The van der Waals surface area contributed by atoms with Gasteiger partial charge in [-0.05, 0) is 31.5 Å². The molecule has 0 aliphatic rings. The fourth-order valence-electron chi connectivity index (χ4n) is 1.31. The van der Waals surface area contributed by atoms with Crippen LogP contribution in [-0.2, 0) is 4.74 Å². The lowest BCUT2D eigenvalue weighted by Crippen LogP contribution is -2.20. The van der Waals surface area contributed by atoms with Gasteiger partial charge in [-0.15, -0.1) is 0 Å². The van der Waals surface area contributed by atoms with Crippen molar-refractivity contribution in [2.45, 2.75) is 19.9 Å². The summed E-state index contributed by atoms with van der Waals surface area (Å²) in [6.07, 6.45) is 0. The molecule has 15 heavy (non-hydrogen) atoms. The van der Waals surface area contributed by atoms with Crippen LogP contribution in [0.4, 0.5) is 5.69 Å². The predicted octanol–water partition coefficient (Wildman–Crippen LogP) is 3.75. The zero-order valence-electron chi connectivity index (χ0n) is 9.10. The van der Waals surface area contributed by atoms with Crippen LogP contribution in [0.1, 0.15) is 12.5 Å². The van der Waals surface area contributed by atoms with Crippen molar-refractivity contribution >= 4 is 28.9 Å². The Morgan fingerprint density at radius 3 is 2.60 bits per heavy atom. The number of rotatable bonds is 4. The van der Waals surface area contributed by atoms with Gasteiger partial charge < -0.3 is 10.1 Å². The quantitative estimate of drug-likeness (QED) is 0.876. The first-order chi connectivity index (χ1) is 7.04. The summed E-state index contributed by atoms with van der Waals surface area (Å²) in [5, 5.41) is 4.63. The van der Waals surface area contributed by atoms with Crippen LogP contribution in [0.3, 0.4) is 0 Å². The molecule has 0 heterocycles. The zero-order chi connectivity index (χ0) is 11.4. The zero-order valence-corrected chi connectivity index (χ0v) is 10.6. The molecule has 1 atom stereocenters. The van der Waals surface area contributed by atoms with Crippen LogP contribution in [-0.4, -0.2) is 19.8 Å². The standard InChI is InChI=1S/C11H15Cl2NO/c1-7-4-10(13)11(5-9(7)12)14-8(2)6-15-3/h4-5,8,14H,6H2,1-3H3. The minimum atomic E-state index is 0.200. The van der Waals surface area contributed by atoms with E-state index in [1.807, 2.05) is 26.0 Å². The molecule has 0 saturated carbocycles. The second-order valence-corrected chi connectivity index (χ2v) is 4.40. The molecule has 0 aliphatic heterocycles. The molecular formula is C11H15Cl2NO. The smallest absolute Gasteiger partial charge is 0.0661 e. The van der Waals surface area contributed by atoms with Gasteiger partial charge in [-0.2, -0.15) is 0 Å². The van der Waals surface area contributed by atoms with Crippen molar-refractivity contribution in [3.63, 3.8) is 0 Å².